The summed E-state index contributed by atoms with van der Waals surface area (Å²) < 4.78 is 24.7. The van der Waals surface area contributed by atoms with E-state index < -0.39 is 17.7 Å². The Morgan fingerprint density at radius 1 is 1.62 bits per heavy atom. The van der Waals surface area contributed by atoms with Crippen LogP contribution < -0.4 is 0 Å². The normalized spacial score (nSPS) is 10.5. The fourth-order valence-electron chi connectivity index (χ4n) is 0.802. The first-order chi connectivity index (χ1) is 6.07. The van der Waals surface area contributed by atoms with E-state index in [1.54, 1.807) is 22.6 Å². The lowest BCUT2D eigenvalue weighted by atomic mass is 10.2. The molecule has 1 rings (SSSR count). The van der Waals surface area contributed by atoms with Crippen molar-refractivity contribution in [3.05, 3.63) is 21.0 Å². The molecule has 0 bridgehead atoms. The highest BCUT2D eigenvalue weighted by Gasteiger charge is 2.20. The molecule has 0 amide bonds. The number of nitrogens with zero attached hydrogens (tertiary/aromatic N) is 1. The van der Waals surface area contributed by atoms with E-state index in [-0.39, 0.29) is 15.6 Å². The molecule has 0 saturated carbocycles. The first-order valence-electron chi connectivity index (χ1n) is 3.18. The van der Waals surface area contributed by atoms with E-state index in [4.69, 9.17) is 5.11 Å². The molecule has 1 aromatic heterocycles. The van der Waals surface area contributed by atoms with Gasteiger partial charge < -0.3 is 5.11 Å². The van der Waals surface area contributed by atoms with Gasteiger partial charge in [-0.05, 0) is 22.6 Å². The third kappa shape index (κ3) is 1.93. The summed E-state index contributed by atoms with van der Waals surface area (Å²) in [5.74, 6) is -0.739. The molecule has 1 N–H and O–H groups in total. The number of carbonyl (C=O) groups excluding carboxylic acids is 1. The Kier molecular flexibility index (Phi) is 3.12. The van der Waals surface area contributed by atoms with Gasteiger partial charge in [0.1, 0.15) is 5.69 Å². The summed E-state index contributed by atoms with van der Waals surface area (Å²) in [6.07, 6.45) is -1.46. The smallest absolute Gasteiger partial charge is 0.268 e. The van der Waals surface area contributed by atoms with Crippen molar-refractivity contribution in [1.82, 2.24) is 4.98 Å². The van der Waals surface area contributed by atoms with Gasteiger partial charge in [-0.3, -0.25) is 4.79 Å². The van der Waals surface area contributed by atoms with Crippen molar-refractivity contribution in [1.29, 1.82) is 0 Å². The largest absolute Gasteiger partial charge is 0.505 e. The fraction of sp³-hybridized carbons (Fsp3) is 0.143. The van der Waals surface area contributed by atoms with Crippen LogP contribution in [0.15, 0.2) is 6.20 Å². The van der Waals surface area contributed by atoms with Gasteiger partial charge in [0.25, 0.3) is 6.43 Å². The van der Waals surface area contributed by atoms with Crippen molar-refractivity contribution in [3.8, 4) is 5.75 Å². The summed E-state index contributed by atoms with van der Waals surface area (Å²) in [5, 5.41) is 9.16. The quantitative estimate of drug-likeness (QED) is 0.672. The Morgan fingerprint density at radius 3 is 2.69 bits per heavy atom. The number of carbonyl (C=O) groups is 1. The zero-order valence-electron chi connectivity index (χ0n) is 6.17. The third-order valence-electron chi connectivity index (χ3n) is 1.40. The van der Waals surface area contributed by atoms with Crippen LogP contribution in [0.3, 0.4) is 0 Å². The van der Waals surface area contributed by atoms with Gasteiger partial charge in [-0.1, -0.05) is 0 Å². The standard InChI is InChI=1S/C7H4F2INO2/c8-7(9)5-3(10)1-11-4(2-12)6(5)13/h1-2,7,13H. The maximum atomic E-state index is 12.3. The van der Waals surface area contributed by atoms with Gasteiger partial charge in [-0.2, -0.15) is 0 Å². The fourth-order valence-corrected chi connectivity index (χ4v) is 1.43. The highest BCUT2D eigenvalue weighted by molar-refractivity contribution is 14.1. The second kappa shape index (κ2) is 3.95. The van der Waals surface area contributed by atoms with Crippen molar-refractivity contribution in [2.45, 2.75) is 6.43 Å². The van der Waals surface area contributed by atoms with Gasteiger partial charge in [0.15, 0.2) is 12.0 Å². The van der Waals surface area contributed by atoms with E-state index in [9.17, 15) is 13.6 Å². The topological polar surface area (TPSA) is 50.2 Å². The summed E-state index contributed by atoms with van der Waals surface area (Å²) in [5.41, 5.74) is -0.909. The number of aromatic hydroxyl groups is 1. The average Bonchev–Trinajstić information content (AvgIpc) is 2.04. The molecular formula is C7H4F2INO2. The summed E-state index contributed by atoms with van der Waals surface area (Å²) in [7, 11) is 0. The van der Waals surface area contributed by atoms with E-state index in [0.717, 1.165) is 6.20 Å². The highest BCUT2D eigenvalue weighted by Crippen LogP contribution is 2.33. The van der Waals surface area contributed by atoms with Gasteiger partial charge in [0, 0.05) is 9.77 Å². The molecule has 0 aliphatic heterocycles. The van der Waals surface area contributed by atoms with Crippen LogP contribution in [-0.2, 0) is 0 Å². The van der Waals surface area contributed by atoms with Crippen LogP contribution >= 0.6 is 22.6 Å². The van der Waals surface area contributed by atoms with Crippen LogP contribution in [0.25, 0.3) is 0 Å². The first kappa shape index (κ1) is 10.3. The van der Waals surface area contributed by atoms with Crippen LogP contribution in [0, 0.1) is 3.57 Å². The van der Waals surface area contributed by atoms with Crippen molar-refractivity contribution in [2.75, 3.05) is 0 Å². The van der Waals surface area contributed by atoms with Crippen LogP contribution in [-0.4, -0.2) is 16.4 Å². The number of hydrogen-bond donors (Lipinski definition) is 1. The zero-order chi connectivity index (χ0) is 10.0. The molecule has 0 saturated heterocycles. The number of pyridine rings is 1. The van der Waals surface area contributed by atoms with Crippen molar-refractivity contribution >= 4 is 28.9 Å². The molecule has 0 spiro atoms. The molecule has 6 heteroatoms. The van der Waals surface area contributed by atoms with E-state index in [2.05, 4.69) is 4.98 Å². The van der Waals surface area contributed by atoms with Gasteiger partial charge in [0.05, 0.1) is 5.56 Å². The molecule has 0 fully saturated rings. The number of aromatic nitrogens is 1. The molecule has 0 aromatic carbocycles. The van der Waals surface area contributed by atoms with Gasteiger partial charge in [-0.15, -0.1) is 0 Å². The molecule has 3 nitrogen and oxygen atoms in total. The minimum atomic E-state index is -2.81. The lowest BCUT2D eigenvalue weighted by molar-refractivity contribution is 0.111. The molecule has 0 atom stereocenters. The molecule has 13 heavy (non-hydrogen) atoms. The van der Waals surface area contributed by atoms with E-state index in [1.165, 1.54) is 0 Å². The second-order valence-corrected chi connectivity index (χ2v) is 3.33. The van der Waals surface area contributed by atoms with Crippen LogP contribution in [0.5, 0.6) is 5.75 Å². The van der Waals surface area contributed by atoms with Gasteiger partial charge in [0.2, 0.25) is 0 Å². The molecule has 0 aliphatic rings. The zero-order valence-corrected chi connectivity index (χ0v) is 8.33. The average molecular weight is 299 g/mol. The molecule has 0 aliphatic carbocycles. The predicted octanol–water partition coefficient (Wildman–Crippen LogP) is 2.14. The number of halogens is 3. The Balaban J connectivity index is 3.38. The Morgan fingerprint density at radius 2 is 2.23 bits per heavy atom. The van der Waals surface area contributed by atoms with Crippen molar-refractivity contribution in [2.24, 2.45) is 0 Å². The summed E-state index contributed by atoms with van der Waals surface area (Å²) >= 11 is 1.62. The van der Waals surface area contributed by atoms with Crippen LogP contribution in [0.4, 0.5) is 8.78 Å². The third-order valence-corrected chi connectivity index (χ3v) is 2.26. The molecule has 0 radical (unpaired) electrons. The lowest BCUT2D eigenvalue weighted by Crippen LogP contribution is -1.97. The summed E-state index contributed by atoms with van der Waals surface area (Å²) in [4.78, 5) is 13.7. The van der Waals surface area contributed by atoms with Crippen molar-refractivity contribution in [3.63, 3.8) is 0 Å². The second-order valence-electron chi connectivity index (χ2n) is 2.17. The summed E-state index contributed by atoms with van der Waals surface area (Å²) in [6.45, 7) is 0. The van der Waals surface area contributed by atoms with E-state index in [0.29, 0.717) is 0 Å². The van der Waals surface area contributed by atoms with E-state index >= 15 is 0 Å². The molecule has 1 heterocycles. The SMILES string of the molecule is O=Cc1ncc(I)c(C(F)F)c1O. The number of aldehydes is 1. The first-order valence-corrected chi connectivity index (χ1v) is 4.26. The Bertz CT molecular complexity index is 344. The predicted molar refractivity (Wildman–Crippen MR) is 49.0 cm³/mol. The monoisotopic (exact) mass is 299 g/mol. The van der Waals surface area contributed by atoms with E-state index in [1.807, 2.05) is 0 Å². The number of rotatable bonds is 2. The summed E-state index contributed by atoms with van der Waals surface area (Å²) in [6, 6.07) is 0. The molecule has 1 aromatic rings. The highest BCUT2D eigenvalue weighted by atomic mass is 127. The molecular weight excluding hydrogens is 295 g/mol. The lowest BCUT2D eigenvalue weighted by Gasteiger charge is -2.06. The Hall–Kier alpha value is -0.790. The maximum absolute atomic E-state index is 12.3. The molecule has 70 valence electrons. The maximum Gasteiger partial charge on any atom is 0.268 e. The van der Waals surface area contributed by atoms with Crippen LogP contribution in [0.2, 0.25) is 0 Å². The number of alkyl halides is 2. The van der Waals surface area contributed by atoms with Crippen molar-refractivity contribution < 1.29 is 18.7 Å². The minimum absolute atomic E-state index is 0.135. The van der Waals surface area contributed by atoms with Gasteiger partial charge in [-0.25, -0.2) is 13.8 Å². The number of hydrogen-bond acceptors (Lipinski definition) is 3. The molecule has 0 unspecified atom stereocenters. The minimum Gasteiger partial charge on any atom is -0.505 e. The van der Waals surface area contributed by atoms with Gasteiger partial charge >= 0.3 is 0 Å². The Labute approximate surface area is 85.9 Å². The van der Waals surface area contributed by atoms with Crippen LogP contribution in [0.1, 0.15) is 22.5 Å².